The van der Waals surface area contributed by atoms with Gasteiger partial charge in [-0.2, -0.15) is 0 Å². The number of piperidine rings is 1. The molecule has 0 aliphatic carbocycles. The van der Waals surface area contributed by atoms with Crippen LogP contribution >= 0.6 is 0 Å². The summed E-state index contributed by atoms with van der Waals surface area (Å²) in [6.45, 7) is 6.58. The maximum Gasteiger partial charge on any atom is 0.128 e. The first-order valence-corrected chi connectivity index (χ1v) is 6.71. The Morgan fingerprint density at radius 1 is 1.44 bits per heavy atom. The molecule has 1 N–H and O–H groups in total. The Hall–Kier alpha value is -1.13. The molecule has 1 aliphatic heterocycles. The van der Waals surface area contributed by atoms with E-state index in [4.69, 9.17) is 4.74 Å². The molecule has 4 nitrogen and oxygen atoms in total. The van der Waals surface area contributed by atoms with E-state index in [9.17, 15) is 5.11 Å². The molecule has 4 heteroatoms. The summed E-state index contributed by atoms with van der Waals surface area (Å²) in [6, 6.07) is 3.94. The van der Waals surface area contributed by atoms with Crippen LogP contribution in [0.4, 0.5) is 5.82 Å². The summed E-state index contributed by atoms with van der Waals surface area (Å²) < 4.78 is 5.64. The normalized spacial score (nSPS) is 18.9. The topological polar surface area (TPSA) is 45.6 Å². The zero-order valence-corrected chi connectivity index (χ0v) is 11.2. The molecule has 0 saturated carbocycles. The number of hydrogen-bond donors (Lipinski definition) is 1. The SMILES string of the molecule is CCOC1CCN(c2ccc(C(C)O)cn2)CC1. The first-order chi connectivity index (χ1) is 8.70. The molecule has 100 valence electrons. The van der Waals surface area contributed by atoms with Crippen LogP contribution < -0.4 is 4.90 Å². The van der Waals surface area contributed by atoms with Crippen molar-refractivity contribution in [2.24, 2.45) is 0 Å². The highest BCUT2D eigenvalue weighted by molar-refractivity contribution is 5.40. The Balaban J connectivity index is 1.93. The minimum absolute atomic E-state index is 0.406. The lowest BCUT2D eigenvalue weighted by Gasteiger charge is -2.32. The molecule has 1 atom stereocenters. The second-order valence-electron chi connectivity index (χ2n) is 4.77. The van der Waals surface area contributed by atoms with E-state index >= 15 is 0 Å². The summed E-state index contributed by atoms with van der Waals surface area (Å²) >= 11 is 0. The van der Waals surface area contributed by atoms with Gasteiger partial charge in [-0.1, -0.05) is 6.07 Å². The lowest BCUT2D eigenvalue weighted by molar-refractivity contribution is 0.0458. The van der Waals surface area contributed by atoms with Crippen molar-refractivity contribution in [2.45, 2.75) is 38.9 Å². The molecule has 2 heterocycles. The van der Waals surface area contributed by atoms with Gasteiger partial charge in [-0.3, -0.25) is 0 Å². The van der Waals surface area contributed by atoms with E-state index in [-0.39, 0.29) is 0 Å². The van der Waals surface area contributed by atoms with Crippen molar-refractivity contribution in [3.63, 3.8) is 0 Å². The molecule has 1 aromatic heterocycles. The average Bonchev–Trinajstić information content (AvgIpc) is 2.40. The summed E-state index contributed by atoms with van der Waals surface area (Å²) in [6.07, 6.45) is 3.84. The lowest BCUT2D eigenvalue weighted by atomic mass is 10.1. The highest BCUT2D eigenvalue weighted by Crippen LogP contribution is 2.21. The monoisotopic (exact) mass is 250 g/mol. The Labute approximate surface area is 109 Å². The second-order valence-corrected chi connectivity index (χ2v) is 4.77. The van der Waals surface area contributed by atoms with E-state index in [0.717, 1.165) is 43.9 Å². The first kappa shape index (κ1) is 13.3. The van der Waals surface area contributed by atoms with Crippen LogP contribution in [0.5, 0.6) is 0 Å². The van der Waals surface area contributed by atoms with Crippen LogP contribution in [0.25, 0.3) is 0 Å². The summed E-state index contributed by atoms with van der Waals surface area (Å²) in [7, 11) is 0. The maximum atomic E-state index is 9.45. The molecule has 18 heavy (non-hydrogen) atoms. The Kier molecular flexibility index (Phi) is 4.55. The molecule has 0 radical (unpaired) electrons. The van der Waals surface area contributed by atoms with Crippen LogP contribution in [0.3, 0.4) is 0 Å². The highest BCUT2D eigenvalue weighted by Gasteiger charge is 2.20. The predicted molar refractivity (Wildman–Crippen MR) is 71.7 cm³/mol. The first-order valence-electron chi connectivity index (χ1n) is 6.71. The van der Waals surface area contributed by atoms with Gasteiger partial charge in [0.05, 0.1) is 12.2 Å². The van der Waals surface area contributed by atoms with E-state index in [1.807, 2.05) is 19.1 Å². The van der Waals surface area contributed by atoms with Crippen LogP contribution in [0.2, 0.25) is 0 Å². The van der Waals surface area contributed by atoms with Gasteiger partial charge < -0.3 is 14.7 Å². The standard InChI is InChI=1S/C14H22N2O2/c1-3-18-13-6-8-16(9-7-13)14-5-4-12(10-15-14)11(2)17/h4-5,10-11,13,17H,3,6-9H2,1-2H3. The number of aliphatic hydroxyl groups excluding tert-OH is 1. The molecule has 0 spiro atoms. The number of aromatic nitrogens is 1. The van der Waals surface area contributed by atoms with Gasteiger partial charge in [0.2, 0.25) is 0 Å². The van der Waals surface area contributed by atoms with Crippen LogP contribution in [0.15, 0.2) is 18.3 Å². The molecule has 0 aromatic carbocycles. The molecule has 1 fully saturated rings. The van der Waals surface area contributed by atoms with Crippen molar-refractivity contribution < 1.29 is 9.84 Å². The number of hydrogen-bond acceptors (Lipinski definition) is 4. The highest BCUT2D eigenvalue weighted by atomic mass is 16.5. The van der Waals surface area contributed by atoms with Crippen molar-refractivity contribution in [2.75, 3.05) is 24.6 Å². The van der Waals surface area contributed by atoms with Gasteiger partial charge in [0.25, 0.3) is 0 Å². The van der Waals surface area contributed by atoms with Gasteiger partial charge in [-0.05, 0) is 38.3 Å². The van der Waals surface area contributed by atoms with Crippen molar-refractivity contribution in [1.82, 2.24) is 4.98 Å². The molecule has 0 bridgehead atoms. The lowest BCUT2D eigenvalue weighted by Crippen LogP contribution is -2.37. The van der Waals surface area contributed by atoms with E-state index in [2.05, 4.69) is 9.88 Å². The third kappa shape index (κ3) is 3.21. The molecule has 1 unspecified atom stereocenters. The quantitative estimate of drug-likeness (QED) is 0.889. The average molecular weight is 250 g/mol. The molecule has 1 aliphatic rings. The van der Waals surface area contributed by atoms with Gasteiger partial charge >= 0.3 is 0 Å². The third-order valence-corrected chi connectivity index (χ3v) is 3.42. The van der Waals surface area contributed by atoms with Crippen molar-refractivity contribution in [1.29, 1.82) is 0 Å². The van der Waals surface area contributed by atoms with Gasteiger partial charge in [0, 0.05) is 25.9 Å². The van der Waals surface area contributed by atoms with Crippen LogP contribution in [-0.2, 0) is 4.74 Å². The Bertz CT molecular complexity index is 357. The number of rotatable bonds is 4. The molecular formula is C14H22N2O2. The predicted octanol–water partition coefficient (Wildman–Crippen LogP) is 2.14. The fraction of sp³-hybridized carbons (Fsp3) is 0.643. The van der Waals surface area contributed by atoms with E-state index in [1.165, 1.54) is 0 Å². The maximum absolute atomic E-state index is 9.45. The Morgan fingerprint density at radius 3 is 2.67 bits per heavy atom. The minimum atomic E-state index is -0.449. The second kappa shape index (κ2) is 6.16. The zero-order chi connectivity index (χ0) is 13.0. The van der Waals surface area contributed by atoms with Crippen LogP contribution in [-0.4, -0.2) is 35.9 Å². The summed E-state index contributed by atoms with van der Waals surface area (Å²) in [5.41, 5.74) is 0.864. The van der Waals surface area contributed by atoms with Crippen molar-refractivity contribution >= 4 is 5.82 Å². The molecule has 2 rings (SSSR count). The number of aliphatic hydroxyl groups is 1. The number of pyridine rings is 1. The van der Waals surface area contributed by atoms with E-state index in [0.29, 0.717) is 6.10 Å². The van der Waals surface area contributed by atoms with E-state index in [1.54, 1.807) is 13.1 Å². The minimum Gasteiger partial charge on any atom is -0.389 e. The van der Waals surface area contributed by atoms with Crippen molar-refractivity contribution in [3.05, 3.63) is 23.9 Å². The van der Waals surface area contributed by atoms with Crippen LogP contribution in [0.1, 0.15) is 38.4 Å². The largest absolute Gasteiger partial charge is 0.389 e. The van der Waals surface area contributed by atoms with Gasteiger partial charge in [0.1, 0.15) is 5.82 Å². The van der Waals surface area contributed by atoms with E-state index < -0.39 is 6.10 Å². The molecule has 1 saturated heterocycles. The molecule has 1 aromatic rings. The fourth-order valence-corrected chi connectivity index (χ4v) is 2.32. The number of nitrogens with zero attached hydrogens (tertiary/aromatic N) is 2. The van der Waals surface area contributed by atoms with Crippen LogP contribution in [0, 0.1) is 0 Å². The van der Waals surface area contributed by atoms with Gasteiger partial charge in [0.15, 0.2) is 0 Å². The van der Waals surface area contributed by atoms with Crippen molar-refractivity contribution in [3.8, 4) is 0 Å². The number of ether oxygens (including phenoxy) is 1. The summed E-state index contributed by atoms with van der Waals surface area (Å²) in [4.78, 5) is 6.70. The molecule has 0 amide bonds. The fourth-order valence-electron chi connectivity index (χ4n) is 2.32. The zero-order valence-electron chi connectivity index (χ0n) is 11.2. The smallest absolute Gasteiger partial charge is 0.128 e. The summed E-state index contributed by atoms with van der Waals surface area (Å²) in [5.74, 6) is 0.995. The molecular weight excluding hydrogens is 228 g/mol. The van der Waals surface area contributed by atoms with Gasteiger partial charge in [-0.15, -0.1) is 0 Å². The number of anilines is 1. The summed E-state index contributed by atoms with van der Waals surface area (Å²) in [5, 5.41) is 9.45. The van der Waals surface area contributed by atoms with Gasteiger partial charge in [-0.25, -0.2) is 4.98 Å². The Morgan fingerprint density at radius 2 is 2.17 bits per heavy atom. The third-order valence-electron chi connectivity index (χ3n) is 3.42.